The van der Waals surface area contributed by atoms with E-state index in [9.17, 15) is 4.79 Å². The van der Waals surface area contributed by atoms with E-state index in [2.05, 4.69) is 68.1 Å². The van der Waals surface area contributed by atoms with E-state index in [4.69, 9.17) is 9.72 Å². The second-order valence-electron chi connectivity index (χ2n) is 11.1. The standard InChI is InChI=1S/C31H33N7O2S/c1-31(2,3)40-30(39)38-15-12-21(13-16-38)25-18-23-27(33-19-34-28(23)36-25)35-22-9-10-24-26(17-22)41-29(37-24)32-14-11-20-7-5-4-6-8-20/h4-10,12,17-19H,11,13-16H2,1-3H3,(H,32,37)(H2,33,34,35,36). The molecule has 0 bridgehead atoms. The van der Waals surface area contributed by atoms with Gasteiger partial charge in [0.25, 0.3) is 0 Å². The lowest BCUT2D eigenvalue weighted by atomic mass is 10.1. The molecule has 0 saturated carbocycles. The minimum Gasteiger partial charge on any atom is -0.444 e. The monoisotopic (exact) mass is 567 g/mol. The number of hydrogen-bond acceptors (Lipinski definition) is 8. The number of H-pyrrole nitrogens is 1. The SMILES string of the molecule is CC(C)(C)OC(=O)N1CC=C(c2cc3c(Nc4ccc5nc(NCCc6ccccc6)sc5c4)ncnc3[nH]2)CC1. The van der Waals surface area contributed by atoms with Crippen LogP contribution in [0.4, 0.5) is 21.4 Å². The van der Waals surface area contributed by atoms with Gasteiger partial charge in [0.05, 0.1) is 15.6 Å². The molecule has 5 aromatic rings. The van der Waals surface area contributed by atoms with Gasteiger partial charge in [0.2, 0.25) is 0 Å². The van der Waals surface area contributed by atoms with Crippen molar-refractivity contribution in [3.63, 3.8) is 0 Å². The third kappa shape index (κ3) is 6.33. The fourth-order valence-corrected chi connectivity index (χ4v) is 5.72. The van der Waals surface area contributed by atoms with E-state index in [1.54, 1.807) is 22.6 Å². The van der Waals surface area contributed by atoms with Gasteiger partial charge in [0, 0.05) is 31.0 Å². The maximum atomic E-state index is 12.4. The Labute approximate surface area is 242 Å². The molecular formula is C31H33N7O2S. The van der Waals surface area contributed by atoms with Crippen molar-refractivity contribution >= 4 is 60.9 Å². The number of nitrogens with zero attached hydrogens (tertiary/aromatic N) is 4. The molecule has 41 heavy (non-hydrogen) atoms. The van der Waals surface area contributed by atoms with Gasteiger partial charge in [-0.15, -0.1) is 0 Å². The number of aromatic amines is 1. The molecule has 0 aliphatic carbocycles. The van der Waals surface area contributed by atoms with Crippen molar-refractivity contribution in [1.29, 1.82) is 0 Å². The van der Waals surface area contributed by atoms with Crippen molar-refractivity contribution in [2.45, 2.75) is 39.2 Å². The van der Waals surface area contributed by atoms with Crippen molar-refractivity contribution in [3.05, 3.63) is 78.3 Å². The molecule has 6 rings (SSSR count). The highest BCUT2D eigenvalue weighted by Crippen LogP contribution is 2.32. The van der Waals surface area contributed by atoms with Crippen molar-refractivity contribution in [2.75, 3.05) is 30.3 Å². The third-order valence-electron chi connectivity index (χ3n) is 6.82. The van der Waals surface area contributed by atoms with Crippen LogP contribution in [-0.2, 0) is 11.2 Å². The number of fused-ring (bicyclic) bond motifs is 2. The van der Waals surface area contributed by atoms with E-state index in [0.29, 0.717) is 13.1 Å². The Morgan fingerprint density at radius 3 is 2.76 bits per heavy atom. The highest BCUT2D eigenvalue weighted by Gasteiger charge is 2.24. The van der Waals surface area contributed by atoms with Crippen LogP contribution < -0.4 is 10.6 Å². The lowest BCUT2D eigenvalue weighted by Gasteiger charge is -2.29. The molecule has 0 unspecified atom stereocenters. The predicted octanol–water partition coefficient (Wildman–Crippen LogP) is 6.99. The summed E-state index contributed by atoms with van der Waals surface area (Å²) < 4.78 is 6.61. The zero-order chi connectivity index (χ0) is 28.4. The lowest BCUT2D eigenvalue weighted by molar-refractivity contribution is 0.0270. The van der Waals surface area contributed by atoms with Crippen molar-refractivity contribution in [2.24, 2.45) is 0 Å². The second kappa shape index (κ2) is 11.2. The summed E-state index contributed by atoms with van der Waals surface area (Å²) in [5.41, 5.74) is 5.58. The van der Waals surface area contributed by atoms with Crippen LogP contribution in [0.15, 0.2) is 67.0 Å². The zero-order valence-corrected chi connectivity index (χ0v) is 24.2. The van der Waals surface area contributed by atoms with Crippen LogP contribution in [-0.4, -0.2) is 56.2 Å². The van der Waals surface area contributed by atoms with Gasteiger partial charge in [-0.3, -0.25) is 0 Å². The fraction of sp³-hybridized carbons (Fsp3) is 0.290. The van der Waals surface area contributed by atoms with Crippen LogP contribution >= 0.6 is 11.3 Å². The molecule has 3 aromatic heterocycles. The maximum Gasteiger partial charge on any atom is 0.410 e. The predicted molar refractivity (Wildman–Crippen MR) is 166 cm³/mol. The van der Waals surface area contributed by atoms with Gasteiger partial charge in [0.1, 0.15) is 23.4 Å². The third-order valence-corrected chi connectivity index (χ3v) is 7.79. The molecule has 0 fully saturated rings. The number of amides is 1. The highest BCUT2D eigenvalue weighted by molar-refractivity contribution is 7.22. The molecule has 0 spiro atoms. The quantitative estimate of drug-likeness (QED) is 0.194. The Morgan fingerprint density at radius 1 is 1.12 bits per heavy atom. The summed E-state index contributed by atoms with van der Waals surface area (Å²) in [6, 6.07) is 18.7. The van der Waals surface area contributed by atoms with Crippen LogP contribution in [0.1, 0.15) is 38.4 Å². The summed E-state index contributed by atoms with van der Waals surface area (Å²) in [6.07, 6.45) is 5.03. The van der Waals surface area contributed by atoms with Crippen molar-refractivity contribution in [3.8, 4) is 0 Å². The number of thiazole rings is 1. The van der Waals surface area contributed by atoms with Gasteiger partial charge < -0.3 is 25.3 Å². The van der Waals surface area contributed by atoms with Gasteiger partial charge in [-0.1, -0.05) is 47.7 Å². The van der Waals surface area contributed by atoms with Crippen LogP contribution in [0.5, 0.6) is 0 Å². The zero-order valence-electron chi connectivity index (χ0n) is 23.4. The number of nitrogens with one attached hydrogen (secondary N) is 3. The topological polar surface area (TPSA) is 108 Å². The van der Waals surface area contributed by atoms with Gasteiger partial charge >= 0.3 is 6.09 Å². The normalized spacial score (nSPS) is 13.8. The lowest BCUT2D eigenvalue weighted by Crippen LogP contribution is -2.39. The molecular weight excluding hydrogens is 534 g/mol. The van der Waals surface area contributed by atoms with Gasteiger partial charge in [-0.2, -0.15) is 0 Å². The second-order valence-corrected chi connectivity index (χ2v) is 12.1. The molecule has 210 valence electrons. The summed E-state index contributed by atoms with van der Waals surface area (Å²) in [4.78, 5) is 31.3. The minimum absolute atomic E-state index is 0.283. The Morgan fingerprint density at radius 2 is 1.98 bits per heavy atom. The number of anilines is 3. The summed E-state index contributed by atoms with van der Waals surface area (Å²) in [6.45, 7) is 7.58. The summed E-state index contributed by atoms with van der Waals surface area (Å²) in [5, 5.41) is 8.75. The summed E-state index contributed by atoms with van der Waals surface area (Å²) >= 11 is 1.64. The smallest absolute Gasteiger partial charge is 0.410 e. The molecule has 0 radical (unpaired) electrons. The minimum atomic E-state index is -0.507. The Balaban J connectivity index is 1.14. The van der Waals surface area contributed by atoms with E-state index in [1.165, 1.54) is 5.56 Å². The maximum absolute atomic E-state index is 12.4. The number of carbonyl (C=O) groups excluding carboxylic acids is 1. The Hall–Kier alpha value is -4.44. The van der Waals surface area contributed by atoms with Crippen LogP contribution in [0.2, 0.25) is 0 Å². The van der Waals surface area contributed by atoms with E-state index < -0.39 is 5.60 Å². The molecule has 4 heterocycles. The number of benzene rings is 2. The molecule has 1 aliphatic rings. The van der Waals surface area contributed by atoms with Crippen LogP contribution in [0.25, 0.3) is 26.8 Å². The average Bonchev–Trinajstić information content (AvgIpc) is 3.57. The van der Waals surface area contributed by atoms with E-state index in [1.807, 2.05) is 39.0 Å². The number of carbonyl (C=O) groups is 1. The first-order valence-corrected chi connectivity index (χ1v) is 14.6. The average molecular weight is 568 g/mol. The number of rotatable bonds is 7. The largest absolute Gasteiger partial charge is 0.444 e. The first-order chi connectivity index (χ1) is 19.8. The van der Waals surface area contributed by atoms with Crippen LogP contribution in [0.3, 0.4) is 0 Å². The Kier molecular flexibility index (Phi) is 7.32. The highest BCUT2D eigenvalue weighted by atomic mass is 32.1. The summed E-state index contributed by atoms with van der Waals surface area (Å²) in [7, 11) is 0. The first-order valence-electron chi connectivity index (χ1n) is 13.8. The molecule has 9 nitrogen and oxygen atoms in total. The van der Waals surface area contributed by atoms with Crippen LogP contribution in [0, 0.1) is 0 Å². The fourth-order valence-electron chi connectivity index (χ4n) is 4.79. The molecule has 10 heteroatoms. The first kappa shape index (κ1) is 26.8. The van der Waals surface area contributed by atoms with Gasteiger partial charge in [-0.05, 0) is 69.0 Å². The van der Waals surface area contributed by atoms with Crippen molar-refractivity contribution < 1.29 is 9.53 Å². The molecule has 1 amide bonds. The van der Waals surface area contributed by atoms with Crippen molar-refractivity contribution in [1.82, 2.24) is 24.8 Å². The van der Waals surface area contributed by atoms with E-state index in [-0.39, 0.29) is 6.09 Å². The molecule has 2 aromatic carbocycles. The van der Waals surface area contributed by atoms with E-state index >= 15 is 0 Å². The molecule has 0 saturated heterocycles. The molecule has 1 aliphatic heterocycles. The number of hydrogen-bond donors (Lipinski definition) is 3. The molecule has 3 N–H and O–H groups in total. The number of ether oxygens (including phenoxy) is 1. The van der Waals surface area contributed by atoms with Gasteiger partial charge in [0.15, 0.2) is 5.13 Å². The Bertz CT molecular complexity index is 1720. The molecule has 0 atom stereocenters. The van der Waals surface area contributed by atoms with Gasteiger partial charge in [-0.25, -0.2) is 19.7 Å². The number of aromatic nitrogens is 4. The van der Waals surface area contributed by atoms with E-state index in [0.717, 1.165) is 68.5 Å². The summed E-state index contributed by atoms with van der Waals surface area (Å²) in [5.74, 6) is 0.731.